The van der Waals surface area contributed by atoms with Crippen molar-refractivity contribution in [3.63, 3.8) is 0 Å². The Bertz CT molecular complexity index is 309. The average molecular weight is 207 g/mol. The van der Waals surface area contributed by atoms with Crippen molar-refractivity contribution < 1.29 is 17.7 Å². The molecule has 0 fully saturated rings. The van der Waals surface area contributed by atoms with Gasteiger partial charge in [0.2, 0.25) is 0 Å². The minimum Gasteiger partial charge on any atom is -0.361 e. The zero-order chi connectivity index (χ0) is 11.0. The summed E-state index contributed by atoms with van der Waals surface area (Å²) in [6.45, 7) is 5.56. The standard InChI is InChI=1S/C9H12F3NO/c1-8(2,3)7-4-6(13-14-7)5-9(10,11)12/h4H,5H2,1-3H3. The van der Waals surface area contributed by atoms with E-state index in [1.807, 2.05) is 20.8 Å². The van der Waals surface area contributed by atoms with Gasteiger partial charge in [-0.15, -0.1) is 0 Å². The number of halogens is 3. The lowest BCUT2D eigenvalue weighted by Gasteiger charge is -2.12. The van der Waals surface area contributed by atoms with E-state index in [0.717, 1.165) is 0 Å². The van der Waals surface area contributed by atoms with Crippen LogP contribution < -0.4 is 0 Å². The van der Waals surface area contributed by atoms with Crippen molar-refractivity contribution in [2.75, 3.05) is 0 Å². The highest BCUT2D eigenvalue weighted by atomic mass is 19.4. The molecule has 0 radical (unpaired) electrons. The van der Waals surface area contributed by atoms with E-state index >= 15 is 0 Å². The Morgan fingerprint density at radius 2 is 1.86 bits per heavy atom. The molecule has 0 aliphatic heterocycles. The highest BCUT2D eigenvalue weighted by molar-refractivity contribution is 5.13. The SMILES string of the molecule is CC(C)(C)c1cc(CC(F)(F)F)no1. The van der Waals surface area contributed by atoms with Gasteiger partial charge in [0.25, 0.3) is 0 Å². The highest BCUT2D eigenvalue weighted by Gasteiger charge is 2.30. The summed E-state index contributed by atoms with van der Waals surface area (Å²) in [4.78, 5) is 0. The van der Waals surface area contributed by atoms with Crippen LogP contribution in [0.15, 0.2) is 10.6 Å². The third kappa shape index (κ3) is 3.05. The molecule has 0 unspecified atom stereocenters. The van der Waals surface area contributed by atoms with Crippen LogP contribution >= 0.6 is 0 Å². The maximum Gasteiger partial charge on any atom is 0.394 e. The van der Waals surface area contributed by atoms with E-state index in [9.17, 15) is 13.2 Å². The molecule has 0 aliphatic rings. The first-order valence-corrected chi connectivity index (χ1v) is 4.21. The van der Waals surface area contributed by atoms with Gasteiger partial charge in [0.15, 0.2) is 0 Å². The molecule has 0 saturated carbocycles. The molecule has 2 nitrogen and oxygen atoms in total. The Morgan fingerprint density at radius 1 is 1.29 bits per heavy atom. The van der Waals surface area contributed by atoms with Gasteiger partial charge in [0, 0.05) is 11.5 Å². The fraction of sp³-hybridized carbons (Fsp3) is 0.667. The number of hydrogen-bond acceptors (Lipinski definition) is 2. The van der Waals surface area contributed by atoms with Gasteiger partial charge in [0.05, 0.1) is 12.1 Å². The molecule has 0 spiro atoms. The molecular weight excluding hydrogens is 195 g/mol. The summed E-state index contributed by atoms with van der Waals surface area (Å²) in [5, 5.41) is 3.37. The van der Waals surface area contributed by atoms with Crippen LogP contribution in [-0.4, -0.2) is 11.3 Å². The molecule has 1 aromatic rings. The number of nitrogens with zero attached hydrogens (tertiary/aromatic N) is 1. The summed E-state index contributed by atoms with van der Waals surface area (Å²) >= 11 is 0. The van der Waals surface area contributed by atoms with E-state index < -0.39 is 12.6 Å². The molecule has 5 heteroatoms. The molecule has 0 bridgehead atoms. The molecule has 1 heterocycles. The molecule has 0 aliphatic carbocycles. The van der Waals surface area contributed by atoms with E-state index in [2.05, 4.69) is 5.16 Å². The average Bonchev–Trinajstić information content (AvgIpc) is 2.29. The number of alkyl halides is 3. The summed E-state index contributed by atoms with van der Waals surface area (Å²) in [5.41, 5.74) is -0.376. The Morgan fingerprint density at radius 3 is 2.21 bits per heavy atom. The minimum atomic E-state index is -4.23. The monoisotopic (exact) mass is 207 g/mol. The van der Waals surface area contributed by atoms with Crippen molar-refractivity contribution >= 4 is 0 Å². The normalized spacial score (nSPS) is 13.3. The maximum absolute atomic E-state index is 12.0. The second kappa shape index (κ2) is 3.29. The second-order valence-corrected chi connectivity index (χ2v) is 4.22. The maximum atomic E-state index is 12.0. The van der Waals surface area contributed by atoms with E-state index in [4.69, 9.17) is 4.52 Å². The third-order valence-electron chi connectivity index (χ3n) is 1.68. The van der Waals surface area contributed by atoms with E-state index in [1.165, 1.54) is 6.07 Å². The predicted octanol–water partition coefficient (Wildman–Crippen LogP) is 3.08. The van der Waals surface area contributed by atoms with Crippen molar-refractivity contribution in [3.8, 4) is 0 Å². The molecule has 0 atom stereocenters. The molecular formula is C9H12F3NO. The summed E-state index contributed by atoms with van der Waals surface area (Å²) in [6, 6.07) is 1.35. The first kappa shape index (κ1) is 11.1. The Hall–Kier alpha value is -1.00. The fourth-order valence-corrected chi connectivity index (χ4v) is 0.954. The Kier molecular flexibility index (Phi) is 2.61. The van der Waals surface area contributed by atoms with Crippen LogP contribution in [0.25, 0.3) is 0 Å². The van der Waals surface area contributed by atoms with Crippen molar-refractivity contribution in [1.82, 2.24) is 5.16 Å². The van der Waals surface area contributed by atoms with Crippen LogP contribution in [0.2, 0.25) is 0 Å². The van der Waals surface area contributed by atoms with Crippen molar-refractivity contribution in [1.29, 1.82) is 0 Å². The first-order chi connectivity index (χ1) is 6.18. The Balaban J connectivity index is 2.79. The molecule has 0 amide bonds. The lowest BCUT2D eigenvalue weighted by atomic mass is 9.93. The lowest BCUT2D eigenvalue weighted by molar-refractivity contribution is -0.128. The van der Waals surface area contributed by atoms with Crippen LogP contribution in [0.5, 0.6) is 0 Å². The van der Waals surface area contributed by atoms with Gasteiger partial charge < -0.3 is 4.52 Å². The molecule has 80 valence electrons. The third-order valence-corrected chi connectivity index (χ3v) is 1.68. The number of aromatic nitrogens is 1. The first-order valence-electron chi connectivity index (χ1n) is 4.21. The molecule has 0 aromatic carbocycles. The van der Waals surface area contributed by atoms with Gasteiger partial charge >= 0.3 is 6.18 Å². The quantitative estimate of drug-likeness (QED) is 0.707. The van der Waals surface area contributed by atoms with Crippen LogP contribution in [0.3, 0.4) is 0 Å². The van der Waals surface area contributed by atoms with Gasteiger partial charge in [-0.25, -0.2) is 0 Å². The second-order valence-electron chi connectivity index (χ2n) is 4.22. The minimum absolute atomic E-state index is 0.0672. The van der Waals surface area contributed by atoms with Crippen LogP contribution in [0.4, 0.5) is 13.2 Å². The molecule has 14 heavy (non-hydrogen) atoms. The van der Waals surface area contributed by atoms with Gasteiger partial charge in [-0.05, 0) is 0 Å². The number of hydrogen-bond donors (Lipinski definition) is 0. The zero-order valence-corrected chi connectivity index (χ0v) is 8.27. The molecule has 1 rings (SSSR count). The van der Waals surface area contributed by atoms with Gasteiger partial charge in [0.1, 0.15) is 5.76 Å². The van der Waals surface area contributed by atoms with Crippen LogP contribution in [-0.2, 0) is 11.8 Å². The highest BCUT2D eigenvalue weighted by Crippen LogP contribution is 2.26. The van der Waals surface area contributed by atoms with E-state index in [0.29, 0.717) is 5.76 Å². The number of rotatable bonds is 1. The van der Waals surface area contributed by atoms with Gasteiger partial charge in [-0.2, -0.15) is 13.2 Å². The summed E-state index contributed by atoms with van der Waals surface area (Å²) in [7, 11) is 0. The van der Waals surface area contributed by atoms with E-state index in [-0.39, 0.29) is 11.1 Å². The topological polar surface area (TPSA) is 26.0 Å². The predicted molar refractivity (Wildman–Crippen MR) is 45.0 cm³/mol. The smallest absolute Gasteiger partial charge is 0.361 e. The largest absolute Gasteiger partial charge is 0.394 e. The van der Waals surface area contributed by atoms with Crippen molar-refractivity contribution in [2.45, 2.75) is 38.8 Å². The zero-order valence-electron chi connectivity index (χ0n) is 8.27. The van der Waals surface area contributed by atoms with Crippen molar-refractivity contribution in [2.24, 2.45) is 0 Å². The van der Waals surface area contributed by atoms with Crippen molar-refractivity contribution in [3.05, 3.63) is 17.5 Å². The molecule has 0 saturated heterocycles. The van der Waals surface area contributed by atoms with Gasteiger partial charge in [-0.3, -0.25) is 0 Å². The summed E-state index contributed by atoms with van der Waals surface area (Å²) in [5.74, 6) is 0.469. The Labute approximate surface area is 80.1 Å². The summed E-state index contributed by atoms with van der Waals surface area (Å²) in [6.07, 6.45) is -5.27. The van der Waals surface area contributed by atoms with Gasteiger partial charge in [-0.1, -0.05) is 25.9 Å². The fourth-order valence-electron chi connectivity index (χ4n) is 0.954. The van der Waals surface area contributed by atoms with Crippen LogP contribution in [0, 0.1) is 0 Å². The molecule has 0 N–H and O–H groups in total. The van der Waals surface area contributed by atoms with E-state index in [1.54, 1.807) is 0 Å². The summed E-state index contributed by atoms with van der Waals surface area (Å²) < 4.78 is 40.7. The molecule has 1 aromatic heterocycles. The van der Waals surface area contributed by atoms with Crippen LogP contribution in [0.1, 0.15) is 32.2 Å². The lowest BCUT2D eigenvalue weighted by Crippen LogP contribution is -2.12.